The first-order valence-electron chi connectivity index (χ1n) is 12.7. The highest BCUT2D eigenvalue weighted by atomic mass is 16.5. The first-order chi connectivity index (χ1) is 18.4. The van der Waals surface area contributed by atoms with Crippen LogP contribution in [0.5, 0.6) is 11.6 Å². The lowest BCUT2D eigenvalue weighted by molar-refractivity contribution is -0.128. The van der Waals surface area contributed by atoms with Crippen molar-refractivity contribution in [3.8, 4) is 28.8 Å². The molecule has 194 valence electrons. The van der Waals surface area contributed by atoms with Gasteiger partial charge in [0.2, 0.25) is 5.88 Å². The van der Waals surface area contributed by atoms with Crippen molar-refractivity contribution in [3.63, 3.8) is 0 Å². The summed E-state index contributed by atoms with van der Waals surface area (Å²) in [7, 11) is 1.58. The van der Waals surface area contributed by atoms with E-state index in [1.54, 1.807) is 36.3 Å². The third-order valence-corrected chi connectivity index (χ3v) is 7.31. The Hall–Kier alpha value is -4.45. The Bertz CT molecular complexity index is 1480. The second-order valence-electron chi connectivity index (χ2n) is 9.75. The van der Waals surface area contributed by atoms with Crippen molar-refractivity contribution in [1.29, 1.82) is 5.26 Å². The van der Waals surface area contributed by atoms with E-state index in [1.165, 1.54) is 0 Å². The lowest BCUT2D eigenvalue weighted by Gasteiger charge is -2.39. The highest BCUT2D eigenvalue weighted by molar-refractivity contribution is 5.87. The maximum Gasteiger partial charge on any atom is 0.212 e. The molecule has 1 fully saturated rings. The van der Waals surface area contributed by atoms with Crippen LogP contribution < -0.4 is 14.4 Å². The van der Waals surface area contributed by atoms with E-state index in [4.69, 9.17) is 14.5 Å². The van der Waals surface area contributed by atoms with Crippen LogP contribution in [0.3, 0.4) is 0 Å². The van der Waals surface area contributed by atoms with Gasteiger partial charge in [0.15, 0.2) is 0 Å². The predicted octanol–water partition coefficient (Wildman–Crippen LogP) is 4.49. The molecule has 0 saturated carbocycles. The van der Waals surface area contributed by atoms with E-state index >= 15 is 0 Å². The number of anilines is 1. The molecule has 0 unspecified atom stereocenters. The van der Waals surface area contributed by atoms with Crippen molar-refractivity contribution < 1.29 is 14.3 Å². The molecule has 4 aromatic heterocycles. The molecular formula is C29H30N6O3. The topological polar surface area (TPSA) is 106 Å². The molecule has 0 radical (unpaired) electrons. The molecule has 0 amide bonds. The van der Waals surface area contributed by atoms with Gasteiger partial charge in [-0.3, -0.25) is 4.79 Å². The van der Waals surface area contributed by atoms with Gasteiger partial charge in [-0.2, -0.15) is 10.4 Å². The Balaban J connectivity index is 1.30. The molecule has 38 heavy (non-hydrogen) atoms. The van der Waals surface area contributed by atoms with Gasteiger partial charge in [0.05, 0.1) is 37.2 Å². The standard InChI is InChI=1S/C29H30N6O3/c1-4-38-23-14-24(28-22(15-30)18-33-35(28)19-23)21-6-7-26(31-17-21)34-11-9-29(2,10-12-34)25(36)13-20-5-8-27(37-3)32-16-20/h5-8,14,16-19H,4,9-13H2,1-3H3. The molecule has 0 N–H and O–H groups in total. The molecule has 0 aromatic carbocycles. The number of nitrogens with zero attached hydrogens (tertiary/aromatic N) is 6. The number of piperidine rings is 1. The average molecular weight is 511 g/mol. The number of ether oxygens (including phenoxy) is 2. The van der Waals surface area contributed by atoms with Gasteiger partial charge < -0.3 is 14.4 Å². The van der Waals surface area contributed by atoms with Crippen molar-refractivity contribution >= 4 is 17.1 Å². The van der Waals surface area contributed by atoms with Gasteiger partial charge in [-0.15, -0.1) is 0 Å². The minimum Gasteiger partial charge on any atom is -0.492 e. The van der Waals surface area contributed by atoms with E-state index in [2.05, 4.69) is 28.0 Å². The SMILES string of the molecule is CCOc1cc(-c2ccc(N3CCC(C)(C(=O)Cc4ccc(OC)nc4)CC3)nc2)c2c(C#N)cnn2c1. The Morgan fingerprint density at radius 2 is 1.95 bits per heavy atom. The monoisotopic (exact) mass is 510 g/mol. The molecule has 9 heteroatoms. The van der Waals surface area contributed by atoms with Crippen LogP contribution in [-0.2, 0) is 11.2 Å². The Labute approximate surface area is 221 Å². The van der Waals surface area contributed by atoms with E-state index in [0.717, 1.165) is 54.0 Å². The largest absolute Gasteiger partial charge is 0.492 e. The summed E-state index contributed by atoms with van der Waals surface area (Å²) in [6.07, 6.45) is 8.77. The molecule has 4 aromatic rings. The molecule has 0 atom stereocenters. The van der Waals surface area contributed by atoms with Crippen molar-refractivity contribution in [2.24, 2.45) is 5.41 Å². The quantitative estimate of drug-likeness (QED) is 0.341. The van der Waals surface area contributed by atoms with Gasteiger partial charge in [0.25, 0.3) is 0 Å². The first kappa shape index (κ1) is 25.2. The summed E-state index contributed by atoms with van der Waals surface area (Å²) >= 11 is 0. The molecular weight excluding hydrogens is 480 g/mol. The summed E-state index contributed by atoms with van der Waals surface area (Å²) < 4.78 is 12.5. The minimum atomic E-state index is -0.378. The number of carbonyl (C=O) groups is 1. The van der Waals surface area contributed by atoms with Gasteiger partial charge in [0.1, 0.15) is 23.4 Å². The summed E-state index contributed by atoms with van der Waals surface area (Å²) in [5.41, 5.74) is 3.47. The number of Topliss-reactive ketones (excluding diaryl/α,β-unsaturated/α-hetero) is 1. The average Bonchev–Trinajstić information content (AvgIpc) is 3.37. The van der Waals surface area contributed by atoms with E-state index in [1.807, 2.05) is 37.4 Å². The van der Waals surface area contributed by atoms with Crippen LogP contribution in [0.1, 0.15) is 37.8 Å². The van der Waals surface area contributed by atoms with Crippen LogP contribution in [0.25, 0.3) is 16.6 Å². The zero-order chi connectivity index (χ0) is 26.7. The van der Waals surface area contributed by atoms with Crippen LogP contribution in [0.2, 0.25) is 0 Å². The number of fused-ring (bicyclic) bond motifs is 1. The van der Waals surface area contributed by atoms with Gasteiger partial charge >= 0.3 is 0 Å². The van der Waals surface area contributed by atoms with Crippen LogP contribution >= 0.6 is 0 Å². The van der Waals surface area contributed by atoms with Gasteiger partial charge in [-0.05, 0) is 43.5 Å². The van der Waals surface area contributed by atoms with Crippen molar-refractivity contribution in [2.75, 3.05) is 31.7 Å². The summed E-state index contributed by atoms with van der Waals surface area (Å²) in [5, 5.41) is 13.9. The lowest BCUT2D eigenvalue weighted by Crippen LogP contribution is -2.43. The first-order valence-corrected chi connectivity index (χ1v) is 12.7. The molecule has 0 aliphatic carbocycles. The van der Waals surface area contributed by atoms with Crippen molar-refractivity contribution in [2.45, 2.75) is 33.1 Å². The van der Waals surface area contributed by atoms with Crippen LogP contribution in [0.4, 0.5) is 5.82 Å². The second kappa shape index (κ2) is 10.5. The fourth-order valence-corrected chi connectivity index (χ4v) is 4.92. The molecule has 1 saturated heterocycles. The smallest absolute Gasteiger partial charge is 0.212 e. The van der Waals surface area contributed by atoms with Gasteiger partial charge in [-0.1, -0.05) is 13.0 Å². The molecule has 5 rings (SSSR count). The summed E-state index contributed by atoms with van der Waals surface area (Å²) in [4.78, 5) is 24.4. The molecule has 0 bridgehead atoms. The zero-order valence-corrected chi connectivity index (χ0v) is 21.8. The second-order valence-corrected chi connectivity index (χ2v) is 9.75. The number of pyridine rings is 3. The van der Waals surface area contributed by atoms with E-state index in [9.17, 15) is 10.1 Å². The molecule has 1 aliphatic heterocycles. The molecule has 1 aliphatic rings. The predicted molar refractivity (Wildman–Crippen MR) is 143 cm³/mol. The van der Waals surface area contributed by atoms with Crippen LogP contribution in [-0.4, -0.2) is 52.2 Å². The minimum absolute atomic E-state index is 0.236. The fourth-order valence-electron chi connectivity index (χ4n) is 4.92. The van der Waals surface area contributed by atoms with Crippen molar-refractivity contribution in [3.05, 3.63) is 66.2 Å². The Morgan fingerprint density at radius 3 is 2.58 bits per heavy atom. The number of nitriles is 1. The number of carbonyl (C=O) groups excluding carboxylic acids is 1. The number of ketones is 1. The van der Waals surface area contributed by atoms with E-state index < -0.39 is 0 Å². The summed E-state index contributed by atoms with van der Waals surface area (Å²) in [5.74, 6) is 2.33. The fraction of sp³-hybridized carbons (Fsp3) is 0.345. The number of rotatable bonds is 8. The van der Waals surface area contributed by atoms with Crippen molar-refractivity contribution in [1.82, 2.24) is 19.6 Å². The molecule has 9 nitrogen and oxygen atoms in total. The molecule has 5 heterocycles. The third-order valence-electron chi connectivity index (χ3n) is 7.31. The van der Waals surface area contributed by atoms with Crippen LogP contribution in [0.15, 0.2) is 55.1 Å². The van der Waals surface area contributed by atoms with E-state index in [-0.39, 0.29) is 11.2 Å². The van der Waals surface area contributed by atoms with Gasteiger partial charge in [0, 0.05) is 54.5 Å². The number of aromatic nitrogens is 4. The van der Waals surface area contributed by atoms with E-state index in [0.29, 0.717) is 30.2 Å². The van der Waals surface area contributed by atoms with Crippen LogP contribution in [0, 0.1) is 16.7 Å². The summed E-state index contributed by atoms with van der Waals surface area (Å²) in [6.45, 7) is 6.02. The highest BCUT2D eigenvalue weighted by Crippen LogP contribution is 2.36. The normalized spacial score (nSPS) is 14.7. The molecule has 0 spiro atoms. The third kappa shape index (κ3) is 4.90. The Kier molecular flexibility index (Phi) is 6.97. The maximum atomic E-state index is 13.2. The highest BCUT2D eigenvalue weighted by Gasteiger charge is 2.36. The number of methoxy groups -OCH3 is 1. The lowest BCUT2D eigenvalue weighted by atomic mass is 9.75. The number of hydrogen-bond acceptors (Lipinski definition) is 8. The van der Waals surface area contributed by atoms with Gasteiger partial charge in [-0.25, -0.2) is 14.5 Å². The zero-order valence-electron chi connectivity index (χ0n) is 21.8. The number of hydrogen-bond donors (Lipinski definition) is 0. The summed E-state index contributed by atoms with van der Waals surface area (Å²) in [6, 6.07) is 11.8. The Morgan fingerprint density at radius 1 is 1.13 bits per heavy atom. The maximum absolute atomic E-state index is 13.2.